The summed E-state index contributed by atoms with van der Waals surface area (Å²) in [5.41, 5.74) is 4.68. The summed E-state index contributed by atoms with van der Waals surface area (Å²) in [6.45, 7) is 1.79. The largest absolute Gasteiger partial charge is 0.506 e. The van der Waals surface area contributed by atoms with E-state index in [4.69, 9.17) is 0 Å². The lowest BCUT2D eigenvalue weighted by Gasteiger charge is -2.05. The lowest BCUT2D eigenvalue weighted by molar-refractivity contribution is 0.468. The predicted molar refractivity (Wildman–Crippen MR) is 73.7 cm³/mol. The molecule has 0 saturated carbocycles. The number of aromatic nitrogens is 3. The minimum atomic E-state index is 0.221. The maximum absolute atomic E-state index is 9.49. The Kier molecular flexibility index (Phi) is 2.76. The first-order valence-corrected chi connectivity index (χ1v) is 6.00. The molecule has 0 aliphatic carbocycles. The standard InChI is InChI=1S/C15H13N3O/c1-10-15(19)7-6-14(18-10)12-4-2-11(3-5-12)13-8-16-17-9-13/h2-9,19H,1H3,(H,16,17). The summed E-state index contributed by atoms with van der Waals surface area (Å²) < 4.78 is 0. The molecule has 0 unspecified atom stereocenters. The Morgan fingerprint density at radius 3 is 2.32 bits per heavy atom. The molecule has 3 aromatic rings. The van der Waals surface area contributed by atoms with E-state index in [1.165, 1.54) is 0 Å². The van der Waals surface area contributed by atoms with Crippen molar-refractivity contribution in [3.63, 3.8) is 0 Å². The molecule has 94 valence electrons. The molecule has 0 spiro atoms. The van der Waals surface area contributed by atoms with E-state index in [0.717, 1.165) is 22.4 Å². The van der Waals surface area contributed by atoms with E-state index in [9.17, 15) is 5.11 Å². The van der Waals surface area contributed by atoms with E-state index in [2.05, 4.69) is 15.2 Å². The van der Waals surface area contributed by atoms with Crippen molar-refractivity contribution < 1.29 is 5.11 Å². The fourth-order valence-corrected chi connectivity index (χ4v) is 1.96. The number of aromatic amines is 1. The summed E-state index contributed by atoms with van der Waals surface area (Å²) in [7, 11) is 0. The van der Waals surface area contributed by atoms with Crippen molar-refractivity contribution in [2.45, 2.75) is 6.92 Å². The highest BCUT2D eigenvalue weighted by Gasteiger charge is 2.04. The van der Waals surface area contributed by atoms with Gasteiger partial charge in [0.2, 0.25) is 0 Å². The number of benzene rings is 1. The van der Waals surface area contributed by atoms with Gasteiger partial charge in [0.15, 0.2) is 0 Å². The minimum absolute atomic E-state index is 0.221. The fraction of sp³-hybridized carbons (Fsp3) is 0.0667. The molecule has 19 heavy (non-hydrogen) atoms. The van der Waals surface area contributed by atoms with Gasteiger partial charge >= 0.3 is 0 Å². The average Bonchev–Trinajstić information content (AvgIpc) is 2.96. The topological polar surface area (TPSA) is 61.8 Å². The molecule has 2 heterocycles. The Balaban J connectivity index is 1.96. The predicted octanol–water partition coefficient (Wildman–Crippen LogP) is 3.15. The zero-order chi connectivity index (χ0) is 13.2. The summed E-state index contributed by atoms with van der Waals surface area (Å²) in [4.78, 5) is 4.37. The second-order valence-electron chi connectivity index (χ2n) is 4.37. The van der Waals surface area contributed by atoms with Crippen molar-refractivity contribution >= 4 is 0 Å². The molecule has 0 atom stereocenters. The zero-order valence-corrected chi connectivity index (χ0v) is 10.5. The summed E-state index contributed by atoms with van der Waals surface area (Å²) >= 11 is 0. The lowest BCUT2D eigenvalue weighted by Crippen LogP contribution is -1.87. The van der Waals surface area contributed by atoms with Gasteiger partial charge in [-0.25, -0.2) is 4.98 Å². The van der Waals surface area contributed by atoms with Crippen LogP contribution in [0.4, 0.5) is 0 Å². The van der Waals surface area contributed by atoms with Gasteiger partial charge in [-0.3, -0.25) is 5.10 Å². The molecule has 0 bridgehead atoms. The van der Waals surface area contributed by atoms with Crippen LogP contribution >= 0.6 is 0 Å². The molecule has 0 aliphatic rings. The SMILES string of the molecule is Cc1nc(-c2ccc(-c3cn[nH]c3)cc2)ccc1O. The van der Waals surface area contributed by atoms with E-state index in [1.54, 1.807) is 19.2 Å². The third-order valence-corrected chi connectivity index (χ3v) is 3.07. The van der Waals surface area contributed by atoms with Gasteiger partial charge in [-0.05, 0) is 24.6 Å². The molecule has 0 amide bonds. The van der Waals surface area contributed by atoms with Gasteiger partial charge in [0.25, 0.3) is 0 Å². The second kappa shape index (κ2) is 4.57. The van der Waals surface area contributed by atoms with E-state index in [1.807, 2.05) is 36.5 Å². The smallest absolute Gasteiger partial charge is 0.136 e. The quantitative estimate of drug-likeness (QED) is 0.735. The van der Waals surface area contributed by atoms with Gasteiger partial charge in [0.1, 0.15) is 5.75 Å². The van der Waals surface area contributed by atoms with Gasteiger partial charge in [-0.1, -0.05) is 24.3 Å². The molecular weight excluding hydrogens is 238 g/mol. The molecular formula is C15H13N3O. The zero-order valence-electron chi connectivity index (χ0n) is 10.5. The van der Waals surface area contributed by atoms with Crippen LogP contribution < -0.4 is 0 Å². The van der Waals surface area contributed by atoms with Crippen LogP contribution in [0.25, 0.3) is 22.4 Å². The number of nitrogens with one attached hydrogen (secondary N) is 1. The van der Waals surface area contributed by atoms with Crippen molar-refractivity contribution in [2.24, 2.45) is 0 Å². The molecule has 3 rings (SSSR count). The van der Waals surface area contributed by atoms with Gasteiger partial charge in [0.05, 0.1) is 17.6 Å². The van der Waals surface area contributed by atoms with Crippen LogP contribution in [0.5, 0.6) is 5.75 Å². The Morgan fingerprint density at radius 2 is 1.68 bits per heavy atom. The Morgan fingerprint density at radius 1 is 0.947 bits per heavy atom. The van der Waals surface area contributed by atoms with Gasteiger partial charge in [-0.15, -0.1) is 0 Å². The Labute approximate surface area is 110 Å². The number of rotatable bonds is 2. The Bertz CT molecular complexity index is 688. The maximum Gasteiger partial charge on any atom is 0.136 e. The fourth-order valence-electron chi connectivity index (χ4n) is 1.96. The van der Waals surface area contributed by atoms with E-state index in [-0.39, 0.29) is 5.75 Å². The number of pyridine rings is 1. The van der Waals surface area contributed by atoms with Crippen LogP contribution in [0.15, 0.2) is 48.8 Å². The molecule has 0 fully saturated rings. The first-order chi connectivity index (χ1) is 9.24. The monoisotopic (exact) mass is 251 g/mol. The minimum Gasteiger partial charge on any atom is -0.506 e. The van der Waals surface area contributed by atoms with Crippen LogP contribution in [0.2, 0.25) is 0 Å². The molecule has 0 saturated heterocycles. The normalized spacial score (nSPS) is 10.6. The van der Waals surface area contributed by atoms with E-state index < -0.39 is 0 Å². The highest BCUT2D eigenvalue weighted by atomic mass is 16.3. The maximum atomic E-state index is 9.49. The van der Waals surface area contributed by atoms with Crippen LogP contribution in [0.1, 0.15) is 5.69 Å². The molecule has 2 aromatic heterocycles. The van der Waals surface area contributed by atoms with E-state index in [0.29, 0.717) is 5.69 Å². The van der Waals surface area contributed by atoms with Gasteiger partial charge in [0, 0.05) is 17.3 Å². The summed E-state index contributed by atoms with van der Waals surface area (Å²) in [6, 6.07) is 11.6. The van der Waals surface area contributed by atoms with Crippen molar-refractivity contribution in [1.82, 2.24) is 15.2 Å². The van der Waals surface area contributed by atoms with Crippen molar-refractivity contribution in [1.29, 1.82) is 0 Å². The lowest BCUT2D eigenvalue weighted by atomic mass is 10.0. The summed E-state index contributed by atoms with van der Waals surface area (Å²) in [6.07, 6.45) is 3.65. The number of hydrogen-bond acceptors (Lipinski definition) is 3. The van der Waals surface area contributed by atoms with Crippen LogP contribution in [0.3, 0.4) is 0 Å². The first-order valence-electron chi connectivity index (χ1n) is 6.00. The van der Waals surface area contributed by atoms with Crippen LogP contribution in [0, 0.1) is 6.92 Å². The van der Waals surface area contributed by atoms with Crippen LogP contribution in [-0.2, 0) is 0 Å². The summed E-state index contributed by atoms with van der Waals surface area (Å²) in [5, 5.41) is 16.2. The molecule has 1 aromatic carbocycles. The molecule has 4 heteroatoms. The van der Waals surface area contributed by atoms with Crippen molar-refractivity contribution in [3.8, 4) is 28.1 Å². The number of H-pyrrole nitrogens is 1. The van der Waals surface area contributed by atoms with Crippen molar-refractivity contribution in [3.05, 3.63) is 54.5 Å². The van der Waals surface area contributed by atoms with Crippen molar-refractivity contribution in [2.75, 3.05) is 0 Å². The number of aryl methyl sites for hydroxylation is 1. The highest BCUT2D eigenvalue weighted by molar-refractivity contribution is 5.68. The molecule has 4 nitrogen and oxygen atoms in total. The van der Waals surface area contributed by atoms with Gasteiger partial charge < -0.3 is 5.11 Å². The highest BCUT2D eigenvalue weighted by Crippen LogP contribution is 2.25. The molecule has 0 radical (unpaired) electrons. The van der Waals surface area contributed by atoms with E-state index >= 15 is 0 Å². The van der Waals surface area contributed by atoms with Crippen LogP contribution in [-0.4, -0.2) is 20.3 Å². The summed E-state index contributed by atoms with van der Waals surface area (Å²) in [5.74, 6) is 0.221. The second-order valence-corrected chi connectivity index (χ2v) is 4.37. The number of nitrogens with zero attached hydrogens (tertiary/aromatic N) is 2. The number of hydrogen-bond donors (Lipinski definition) is 2. The average molecular weight is 251 g/mol. The molecule has 0 aliphatic heterocycles. The van der Waals surface area contributed by atoms with Gasteiger partial charge in [-0.2, -0.15) is 5.10 Å². The third kappa shape index (κ3) is 2.20. The Hall–Kier alpha value is -2.62. The third-order valence-electron chi connectivity index (χ3n) is 3.07. The molecule has 2 N–H and O–H groups in total. The number of aromatic hydroxyl groups is 1. The first kappa shape index (κ1) is 11.5.